The molecule has 1 saturated heterocycles. The molecule has 0 spiro atoms. The molecule has 0 bridgehead atoms. The first-order chi connectivity index (χ1) is 13.5. The Morgan fingerprint density at radius 1 is 1.11 bits per heavy atom. The number of aryl methyl sites for hydroxylation is 1. The van der Waals surface area contributed by atoms with Gasteiger partial charge in [-0.3, -0.25) is 15.0 Å². The summed E-state index contributed by atoms with van der Waals surface area (Å²) >= 11 is 1.34. The van der Waals surface area contributed by atoms with E-state index in [9.17, 15) is 14.4 Å². The van der Waals surface area contributed by atoms with Gasteiger partial charge in [0.25, 0.3) is 11.8 Å². The summed E-state index contributed by atoms with van der Waals surface area (Å²) < 4.78 is 0.981. The number of urea groups is 1. The van der Waals surface area contributed by atoms with Crippen LogP contribution in [0.5, 0.6) is 0 Å². The molecule has 1 aromatic heterocycles. The van der Waals surface area contributed by atoms with E-state index in [4.69, 9.17) is 0 Å². The maximum absolute atomic E-state index is 13.1. The van der Waals surface area contributed by atoms with Crippen molar-refractivity contribution in [3.63, 3.8) is 0 Å². The molecule has 4 rings (SSSR count). The van der Waals surface area contributed by atoms with Crippen molar-refractivity contribution in [1.82, 2.24) is 15.8 Å². The van der Waals surface area contributed by atoms with Crippen molar-refractivity contribution < 1.29 is 14.4 Å². The predicted molar refractivity (Wildman–Crippen MR) is 108 cm³/mol. The summed E-state index contributed by atoms with van der Waals surface area (Å²) in [5.74, 6) is -0.958. The Morgan fingerprint density at radius 2 is 1.79 bits per heavy atom. The van der Waals surface area contributed by atoms with Gasteiger partial charge < -0.3 is 5.32 Å². The topological polar surface area (TPSA) is 78.5 Å². The lowest BCUT2D eigenvalue weighted by Crippen LogP contribution is -2.48. The van der Waals surface area contributed by atoms with E-state index in [-0.39, 0.29) is 0 Å². The molecule has 6 nitrogen and oxygen atoms in total. The molecule has 1 aliphatic heterocycles. The van der Waals surface area contributed by atoms with Gasteiger partial charge in [-0.05, 0) is 35.9 Å². The molecule has 4 amide bonds. The van der Waals surface area contributed by atoms with E-state index < -0.39 is 23.4 Å². The van der Waals surface area contributed by atoms with Crippen molar-refractivity contribution in [2.75, 3.05) is 0 Å². The third kappa shape index (κ3) is 2.66. The Balaban J connectivity index is 1.64. The van der Waals surface area contributed by atoms with Crippen LogP contribution in [0, 0.1) is 6.92 Å². The number of carbonyl (C=O) groups is 3. The Bertz CT molecular complexity index is 1090. The van der Waals surface area contributed by atoms with Crippen LogP contribution < -0.4 is 10.7 Å². The Hall–Kier alpha value is -3.19. The van der Waals surface area contributed by atoms with Crippen molar-refractivity contribution in [2.45, 2.75) is 25.8 Å². The first-order valence-electron chi connectivity index (χ1n) is 8.99. The number of benzene rings is 2. The van der Waals surface area contributed by atoms with Crippen LogP contribution in [-0.2, 0) is 10.3 Å². The minimum absolute atomic E-state index is 0.371. The zero-order chi connectivity index (χ0) is 19.9. The van der Waals surface area contributed by atoms with Gasteiger partial charge in [0.1, 0.15) is 5.54 Å². The fraction of sp³-hybridized carbons (Fsp3) is 0.190. The normalized spacial score (nSPS) is 19.1. The molecule has 0 saturated carbocycles. The molecule has 28 heavy (non-hydrogen) atoms. The number of hydrazine groups is 1. The van der Waals surface area contributed by atoms with Crippen LogP contribution in [-0.4, -0.2) is 22.9 Å². The molecule has 1 atom stereocenters. The van der Waals surface area contributed by atoms with E-state index >= 15 is 0 Å². The first-order valence-corrected chi connectivity index (χ1v) is 9.81. The molecule has 2 N–H and O–H groups in total. The highest BCUT2D eigenvalue weighted by molar-refractivity contribution is 7.21. The van der Waals surface area contributed by atoms with Crippen LogP contribution in [0.1, 0.15) is 34.1 Å². The molecule has 7 heteroatoms. The maximum atomic E-state index is 13.1. The third-order valence-corrected chi connectivity index (χ3v) is 6.42. The van der Waals surface area contributed by atoms with Crippen LogP contribution >= 0.6 is 11.3 Å². The van der Waals surface area contributed by atoms with Gasteiger partial charge in [0, 0.05) is 4.70 Å². The van der Waals surface area contributed by atoms with E-state index in [1.54, 1.807) is 12.1 Å². The fourth-order valence-electron chi connectivity index (χ4n) is 3.58. The van der Waals surface area contributed by atoms with Crippen molar-refractivity contribution >= 4 is 39.3 Å². The van der Waals surface area contributed by atoms with Crippen LogP contribution in [0.2, 0.25) is 0 Å². The average Bonchev–Trinajstić information content (AvgIpc) is 3.18. The van der Waals surface area contributed by atoms with Crippen molar-refractivity contribution in [3.8, 4) is 0 Å². The molecule has 142 valence electrons. The van der Waals surface area contributed by atoms with E-state index in [0.29, 0.717) is 16.9 Å². The summed E-state index contributed by atoms with van der Waals surface area (Å²) in [6.07, 6.45) is 0.371. The number of hydrogen-bond acceptors (Lipinski definition) is 4. The zero-order valence-electron chi connectivity index (χ0n) is 15.5. The summed E-state index contributed by atoms with van der Waals surface area (Å²) in [6, 6.07) is 16.1. The van der Waals surface area contributed by atoms with E-state index in [0.717, 1.165) is 20.7 Å². The minimum Gasteiger partial charge on any atom is -0.318 e. The molecule has 2 heterocycles. The molecule has 0 radical (unpaired) electrons. The predicted octanol–water partition coefficient (Wildman–Crippen LogP) is 3.71. The summed E-state index contributed by atoms with van der Waals surface area (Å²) in [5, 5.41) is 4.54. The Morgan fingerprint density at radius 3 is 2.46 bits per heavy atom. The summed E-state index contributed by atoms with van der Waals surface area (Å²) in [5.41, 5.74) is 2.83. The number of nitrogens with one attached hydrogen (secondary N) is 2. The second-order valence-electron chi connectivity index (χ2n) is 6.69. The fourth-order valence-corrected chi connectivity index (χ4v) is 4.68. The molecule has 2 aromatic carbocycles. The van der Waals surface area contributed by atoms with Gasteiger partial charge in [0.2, 0.25) is 0 Å². The summed E-state index contributed by atoms with van der Waals surface area (Å²) in [6.45, 7) is 3.69. The first kappa shape index (κ1) is 18.2. The molecule has 1 aliphatic rings. The van der Waals surface area contributed by atoms with Crippen molar-refractivity contribution in [2.24, 2.45) is 0 Å². The second kappa shape index (κ2) is 6.76. The van der Waals surface area contributed by atoms with Crippen LogP contribution in [0.4, 0.5) is 4.79 Å². The summed E-state index contributed by atoms with van der Waals surface area (Å²) in [4.78, 5) is 39.0. The van der Waals surface area contributed by atoms with Gasteiger partial charge in [-0.15, -0.1) is 11.3 Å². The van der Waals surface area contributed by atoms with E-state index in [2.05, 4.69) is 10.7 Å². The molecule has 1 fully saturated rings. The van der Waals surface area contributed by atoms with E-state index in [1.807, 2.05) is 56.3 Å². The number of fused-ring (bicyclic) bond motifs is 1. The maximum Gasteiger partial charge on any atom is 0.344 e. The Kier molecular flexibility index (Phi) is 4.39. The van der Waals surface area contributed by atoms with Crippen LogP contribution in [0.3, 0.4) is 0 Å². The zero-order valence-corrected chi connectivity index (χ0v) is 16.3. The van der Waals surface area contributed by atoms with Crippen molar-refractivity contribution in [1.29, 1.82) is 0 Å². The highest BCUT2D eigenvalue weighted by atomic mass is 32.1. The van der Waals surface area contributed by atoms with Gasteiger partial charge in [0.05, 0.1) is 4.88 Å². The number of amides is 4. The standard InChI is InChI=1S/C21H19N3O3S/c1-3-21(14-9-5-4-6-10-14)19(26)24(20(27)22-21)23-18(25)17-13(2)15-11-7-8-12-16(15)28-17/h4-12H,3H2,1-2H3,(H,22,27)(H,23,25). The highest BCUT2D eigenvalue weighted by Crippen LogP contribution is 2.33. The van der Waals surface area contributed by atoms with Gasteiger partial charge in [0.15, 0.2) is 0 Å². The number of imide groups is 1. The van der Waals surface area contributed by atoms with Gasteiger partial charge in [-0.25, -0.2) is 4.79 Å². The van der Waals surface area contributed by atoms with Crippen LogP contribution in [0.15, 0.2) is 54.6 Å². The molecular weight excluding hydrogens is 374 g/mol. The van der Waals surface area contributed by atoms with Gasteiger partial charge in [-0.2, -0.15) is 5.01 Å². The SMILES string of the molecule is CCC1(c2ccccc2)NC(=O)N(NC(=O)c2sc3ccccc3c2C)C1=O. The smallest absolute Gasteiger partial charge is 0.318 e. The van der Waals surface area contributed by atoms with Crippen LogP contribution in [0.25, 0.3) is 10.1 Å². The average molecular weight is 393 g/mol. The minimum atomic E-state index is -1.18. The number of nitrogens with zero attached hydrogens (tertiary/aromatic N) is 1. The lowest BCUT2D eigenvalue weighted by Gasteiger charge is -2.25. The number of rotatable bonds is 4. The third-order valence-electron chi connectivity index (χ3n) is 5.15. The monoisotopic (exact) mass is 393 g/mol. The lowest BCUT2D eigenvalue weighted by molar-refractivity contribution is -0.133. The van der Waals surface area contributed by atoms with Gasteiger partial charge in [-0.1, -0.05) is 55.5 Å². The quantitative estimate of drug-likeness (QED) is 0.663. The van der Waals surface area contributed by atoms with Gasteiger partial charge >= 0.3 is 6.03 Å². The lowest BCUT2D eigenvalue weighted by atomic mass is 9.87. The molecule has 3 aromatic rings. The molecule has 1 unspecified atom stereocenters. The second-order valence-corrected chi connectivity index (χ2v) is 7.74. The highest BCUT2D eigenvalue weighted by Gasteiger charge is 2.52. The Labute approximate surface area is 166 Å². The van der Waals surface area contributed by atoms with Crippen molar-refractivity contribution in [3.05, 3.63) is 70.6 Å². The van der Waals surface area contributed by atoms with E-state index in [1.165, 1.54) is 11.3 Å². The number of hydrogen-bond donors (Lipinski definition) is 2. The summed E-state index contributed by atoms with van der Waals surface area (Å²) in [7, 11) is 0. The molecule has 0 aliphatic carbocycles. The molecular formula is C21H19N3O3S. The largest absolute Gasteiger partial charge is 0.344 e. The number of thiophene rings is 1. The number of carbonyl (C=O) groups excluding carboxylic acids is 3.